The molecule has 0 N–H and O–H groups in total. The van der Waals surface area contributed by atoms with Crippen molar-refractivity contribution < 1.29 is 4.74 Å². The van der Waals surface area contributed by atoms with Crippen molar-refractivity contribution in [2.24, 2.45) is 0 Å². The molecular formula is C20H37O. The first-order valence-corrected chi connectivity index (χ1v) is 9.51. The highest BCUT2D eigenvalue weighted by Gasteiger charge is 2.16. The zero-order chi connectivity index (χ0) is 15.0. The standard InChI is InChI=1S/C20H37O/c1-2-3-4-5-6-7-8-9-10-11-12-13-14-15-16-17-20-18-19-21-20/h9-10,12,20H,2-8,11,13-19H2,1H3/b10-9-. The minimum atomic E-state index is 0.610. The molecule has 1 aliphatic rings. The second-order valence-corrected chi connectivity index (χ2v) is 6.47. The van der Waals surface area contributed by atoms with Crippen LogP contribution in [0.2, 0.25) is 0 Å². The van der Waals surface area contributed by atoms with Crippen molar-refractivity contribution in [1.29, 1.82) is 0 Å². The van der Waals surface area contributed by atoms with Crippen molar-refractivity contribution >= 4 is 0 Å². The van der Waals surface area contributed by atoms with Crippen molar-refractivity contribution in [2.75, 3.05) is 6.61 Å². The molecule has 0 aromatic heterocycles. The maximum absolute atomic E-state index is 5.43. The molecule has 0 aliphatic carbocycles. The van der Waals surface area contributed by atoms with Gasteiger partial charge in [0.05, 0.1) is 6.10 Å². The Morgan fingerprint density at radius 2 is 1.57 bits per heavy atom. The van der Waals surface area contributed by atoms with E-state index in [0.717, 1.165) is 6.61 Å². The van der Waals surface area contributed by atoms with Crippen molar-refractivity contribution in [3.8, 4) is 0 Å². The van der Waals surface area contributed by atoms with E-state index in [2.05, 4.69) is 25.5 Å². The van der Waals surface area contributed by atoms with E-state index in [1.807, 2.05) is 0 Å². The van der Waals surface area contributed by atoms with Gasteiger partial charge >= 0.3 is 0 Å². The summed E-state index contributed by atoms with van der Waals surface area (Å²) in [5.74, 6) is 0. The van der Waals surface area contributed by atoms with E-state index >= 15 is 0 Å². The third-order valence-electron chi connectivity index (χ3n) is 4.42. The summed E-state index contributed by atoms with van der Waals surface area (Å²) >= 11 is 0. The van der Waals surface area contributed by atoms with Gasteiger partial charge in [-0.05, 0) is 44.9 Å². The van der Waals surface area contributed by atoms with E-state index in [0.29, 0.717) is 6.10 Å². The van der Waals surface area contributed by atoms with Gasteiger partial charge in [-0.1, -0.05) is 70.4 Å². The number of hydrogen-bond acceptors (Lipinski definition) is 1. The quantitative estimate of drug-likeness (QED) is 0.243. The monoisotopic (exact) mass is 293 g/mol. The van der Waals surface area contributed by atoms with E-state index in [4.69, 9.17) is 4.74 Å². The molecule has 0 spiro atoms. The Labute approximate surface area is 133 Å². The van der Waals surface area contributed by atoms with E-state index < -0.39 is 0 Å². The van der Waals surface area contributed by atoms with Crippen LogP contribution in [0.1, 0.15) is 96.8 Å². The van der Waals surface area contributed by atoms with Crippen molar-refractivity contribution in [1.82, 2.24) is 0 Å². The van der Waals surface area contributed by atoms with Crippen molar-refractivity contribution in [3.05, 3.63) is 18.6 Å². The van der Waals surface area contributed by atoms with Crippen LogP contribution in [0.4, 0.5) is 0 Å². The van der Waals surface area contributed by atoms with Gasteiger partial charge in [-0.2, -0.15) is 0 Å². The minimum absolute atomic E-state index is 0.610. The maximum atomic E-state index is 5.43. The summed E-state index contributed by atoms with van der Waals surface area (Å²) in [6.07, 6.45) is 26.6. The Bertz CT molecular complexity index is 230. The molecule has 1 heteroatoms. The molecule has 21 heavy (non-hydrogen) atoms. The Balaban J connectivity index is 1.68. The average Bonchev–Trinajstić information content (AvgIpc) is 2.45. The van der Waals surface area contributed by atoms with Crippen LogP contribution in [0.5, 0.6) is 0 Å². The highest BCUT2D eigenvalue weighted by atomic mass is 16.5. The molecule has 0 saturated carbocycles. The Morgan fingerprint density at radius 3 is 2.33 bits per heavy atom. The molecule has 1 aliphatic heterocycles. The summed E-state index contributed by atoms with van der Waals surface area (Å²) in [4.78, 5) is 0. The van der Waals surface area contributed by atoms with E-state index in [1.165, 1.54) is 89.9 Å². The molecular weight excluding hydrogens is 256 g/mol. The lowest BCUT2D eigenvalue weighted by molar-refractivity contribution is -0.0555. The molecule has 1 rings (SSSR count). The molecule has 1 atom stereocenters. The highest BCUT2D eigenvalue weighted by Crippen LogP contribution is 2.18. The molecule has 0 aromatic carbocycles. The largest absolute Gasteiger partial charge is 0.378 e. The summed E-state index contributed by atoms with van der Waals surface area (Å²) in [6, 6.07) is 0. The number of ether oxygens (including phenoxy) is 1. The van der Waals surface area contributed by atoms with Gasteiger partial charge in [-0.25, -0.2) is 0 Å². The van der Waals surface area contributed by atoms with Crippen LogP contribution in [-0.4, -0.2) is 12.7 Å². The summed E-state index contributed by atoms with van der Waals surface area (Å²) in [5.41, 5.74) is 0. The third kappa shape index (κ3) is 12.0. The SMILES string of the molecule is CCCCCCCC/C=C\C[CH]CCCCCC1CCO1. The van der Waals surface area contributed by atoms with Gasteiger partial charge in [0.1, 0.15) is 0 Å². The first-order chi connectivity index (χ1) is 10.4. The summed E-state index contributed by atoms with van der Waals surface area (Å²) < 4.78 is 5.43. The predicted octanol–water partition coefficient (Wildman–Crippen LogP) is 6.63. The van der Waals surface area contributed by atoms with Gasteiger partial charge in [0.2, 0.25) is 0 Å². The zero-order valence-corrected chi connectivity index (χ0v) is 14.3. The molecule has 1 radical (unpaired) electrons. The fourth-order valence-corrected chi connectivity index (χ4v) is 2.82. The van der Waals surface area contributed by atoms with Gasteiger partial charge in [-0.3, -0.25) is 0 Å². The summed E-state index contributed by atoms with van der Waals surface area (Å²) in [6.45, 7) is 3.28. The Hall–Kier alpha value is -0.300. The van der Waals surface area contributed by atoms with Gasteiger partial charge in [-0.15, -0.1) is 0 Å². The molecule has 0 bridgehead atoms. The normalized spacial score (nSPS) is 18.2. The van der Waals surface area contributed by atoms with Crippen molar-refractivity contribution in [3.63, 3.8) is 0 Å². The first-order valence-electron chi connectivity index (χ1n) is 9.51. The van der Waals surface area contributed by atoms with Gasteiger partial charge in [0.15, 0.2) is 0 Å². The minimum Gasteiger partial charge on any atom is -0.378 e. The molecule has 0 aromatic rings. The first kappa shape index (κ1) is 18.7. The molecule has 0 amide bonds. The molecule has 1 heterocycles. The second-order valence-electron chi connectivity index (χ2n) is 6.47. The Kier molecular flexibility index (Phi) is 13.1. The third-order valence-corrected chi connectivity index (χ3v) is 4.42. The smallest absolute Gasteiger partial charge is 0.0597 e. The lowest BCUT2D eigenvalue weighted by atomic mass is 10.0. The summed E-state index contributed by atoms with van der Waals surface area (Å²) in [5, 5.41) is 0. The zero-order valence-electron chi connectivity index (χ0n) is 14.3. The lowest BCUT2D eigenvalue weighted by Gasteiger charge is -2.26. The van der Waals surface area contributed by atoms with Crippen LogP contribution in [-0.2, 0) is 4.74 Å². The number of rotatable bonds is 15. The van der Waals surface area contributed by atoms with Crippen LogP contribution in [0.3, 0.4) is 0 Å². The fourth-order valence-electron chi connectivity index (χ4n) is 2.82. The number of allylic oxidation sites excluding steroid dienone is 2. The van der Waals surface area contributed by atoms with E-state index in [1.54, 1.807) is 0 Å². The van der Waals surface area contributed by atoms with Gasteiger partial charge in [0, 0.05) is 6.61 Å². The second kappa shape index (κ2) is 14.6. The highest BCUT2D eigenvalue weighted by molar-refractivity contribution is 4.86. The number of unbranched alkanes of at least 4 members (excludes halogenated alkanes) is 11. The van der Waals surface area contributed by atoms with E-state index in [-0.39, 0.29) is 0 Å². The van der Waals surface area contributed by atoms with Crippen LogP contribution in [0.15, 0.2) is 12.2 Å². The fraction of sp³-hybridized carbons (Fsp3) is 0.850. The maximum Gasteiger partial charge on any atom is 0.0597 e. The molecule has 1 saturated heterocycles. The molecule has 1 unspecified atom stereocenters. The van der Waals surface area contributed by atoms with Crippen LogP contribution in [0, 0.1) is 6.42 Å². The molecule has 1 nitrogen and oxygen atoms in total. The van der Waals surface area contributed by atoms with Gasteiger partial charge in [0.25, 0.3) is 0 Å². The lowest BCUT2D eigenvalue weighted by Crippen LogP contribution is -2.26. The van der Waals surface area contributed by atoms with Crippen molar-refractivity contribution in [2.45, 2.75) is 103 Å². The average molecular weight is 294 g/mol. The van der Waals surface area contributed by atoms with Crippen LogP contribution < -0.4 is 0 Å². The Morgan fingerprint density at radius 1 is 0.857 bits per heavy atom. The van der Waals surface area contributed by atoms with Gasteiger partial charge < -0.3 is 4.74 Å². The number of hydrogen-bond donors (Lipinski definition) is 0. The predicted molar refractivity (Wildman–Crippen MR) is 93.5 cm³/mol. The summed E-state index contributed by atoms with van der Waals surface area (Å²) in [7, 11) is 0. The van der Waals surface area contributed by atoms with E-state index in [9.17, 15) is 0 Å². The molecule has 1 fully saturated rings. The molecule has 123 valence electrons. The van der Waals surface area contributed by atoms with Crippen LogP contribution >= 0.6 is 0 Å². The topological polar surface area (TPSA) is 9.23 Å². The van der Waals surface area contributed by atoms with Crippen LogP contribution in [0.25, 0.3) is 0 Å².